The van der Waals surface area contributed by atoms with Crippen LogP contribution in [0.3, 0.4) is 0 Å². The molecule has 1 aromatic carbocycles. The largest absolute Gasteiger partial charge is 0.459 e. The highest BCUT2D eigenvalue weighted by Gasteiger charge is 2.44. The smallest absolute Gasteiger partial charge is 0.435 e. The van der Waals surface area contributed by atoms with Gasteiger partial charge in [0.05, 0.1) is 16.1 Å². The van der Waals surface area contributed by atoms with Crippen LogP contribution in [0.25, 0.3) is 0 Å². The van der Waals surface area contributed by atoms with E-state index in [1.165, 1.54) is 0 Å². The molecule has 2 aromatic rings. The molecule has 2 atom stereocenters. The van der Waals surface area contributed by atoms with Crippen LogP contribution in [0.4, 0.5) is 19.0 Å². The van der Waals surface area contributed by atoms with Gasteiger partial charge in [0.1, 0.15) is 11.5 Å². The lowest BCUT2D eigenvalue weighted by molar-refractivity contribution is -0.158. The molecule has 0 saturated heterocycles. The number of esters is 1. The fourth-order valence-corrected chi connectivity index (χ4v) is 3.58. The molecule has 3 rings (SSSR count). The minimum atomic E-state index is -4.67. The number of ether oxygens (including phenoxy) is 1. The van der Waals surface area contributed by atoms with Crippen molar-refractivity contribution in [3.8, 4) is 0 Å². The van der Waals surface area contributed by atoms with Crippen LogP contribution in [-0.4, -0.2) is 27.1 Å². The van der Waals surface area contributed by atoms with E-state index in [2.05, 4.69) is 10.1 Å². The molecule has 0 spiro atoms. The van der Waals surface area contributed by atoms with Crippen LogP contribution >= 0.6 is 23.2 Å². The molecule has 0 saturated carbocycles. The van der Waals surface area contributed by atoms with E-state index in [4.69, 9.17) is 27.9 Å². The van der Waals surface area contributed by atoms with Crippen LogP contribution in [0.15, 0.2) is 29.3 Å². The van der Waals surface area contributed by atoms with Gasteiger partial charge < -0.3 is 4.74 Å². The fourth-order valence-electron chi connectivity index (χ4n) is 3.16. The Kier molecular flexibility index (Phi) is 5.47. The standard InChI is InChI=1S/C19H18Cl2F3N3O2/c1-9-14(17(28)29-18(2,3)4)16(10-6-5-7-11(20)15(10)21)27-13(25-9)8-12(26-27)19(22,23)24/h5-8,14,16H,1-4H3. The lowest BCUT2D eigenvalue weighted by atomic mass is 9.88. The van der Waals surface area contributed by atoms with Gasteiger partial charge in [0.15, 0.2) is 11.5 Å². The summed E-state index contributed by atoms with van der Waals surface area (Å²) in [5.74, 6) is -1.70. The molecule has 1 aliphatic heterocycles. The fraction of sp³-hybridized carbons (Fsp3) is 0.421. The van der Waals surface area contributed by atoms with Crippen molar-refractivity contribution in [3.05, 3.63) is 45.6 Å². The third kappa shape index (κ3) is 4.28. The van der Waals surface area contributed by atoms with Gasteiger partial charge in [-0.05, 0) is 39.3 Å². The minimum Gasteiger partial charge on any atom is -0.459 e. The van der Waals surface area contributed by atoms with E-state index < -0.39 is 35.4 Å². The first-order valence-electron chi connectivity index (χ1n) is 8.68. The van der Waals surface area contributed by atoms with Gasteiger partial charge in [-0.2, -0.15) is 18.3 Å². The molecule has 0 amide bonds. The van der Waals surface area contributed by atoms with Crippen LogP contribution < -0.4 is 0 Å². The van der Waals surface area contributed by atoms with Crippen molar-refractivity contribution in [2.24, 2.45) is 10.9 Å². The summed E-state index contributed by atoms with van der Waals surface area (Å²) in [4.78, 5) is 17.2. The monoisotopic (exact) mass is 447 g/mol. The Labute approximate surface area is 175 Å². The van der Waals surface area contributed by atoms with Gasteiger partial charge in [-0.15, -0.1) is 0 Å². The quantitative estimate of drug-likeness (QED) is 0.541. The van der Waals surface area contributed by atoms with Crippen molar-refractivity contribution in [3.63, 3.8) is 0 Å². The predicted octanol–water partition coefficient (Wildman–Crippen LogP) is 5.86. The first-order chi connectivity index (χ1) is 13.3. The number of hydrogen-bond donors (Lipinski definition) is 0. The number of halogens is 5. The molecule has 29 heavy (non-hydrogen) atoms. The number of carbonyl (C=O) groups excluding carboxylic acids is 1. The van der Waals surface area contributed by atoms with E-state index in [-0.39, 0.29) is 15.9 Å². The van der Waals surface area contributed by atoms with Crippen molar-refractivity contribution < 1.29 is 22.7 Å². The molecule has 1 aromatic heterocycles. The summed E-state index contributed by atoms with van der Waals surface area (Å²) in [6.45, 7) is 6.65. The van der Waals surface area contributed by atoms with Gasteiger partial charge in [-0.3, -0.25) is 4.79 Å². The number of rotatable bonds is 2. The zero-order valence-electron chi connectivity index (χ0n) is 16.0. The summed E-state index contributed by atoms with van der Waals surface area (Å²) in [5, 5.41) is 4.02. The second-order valence-corrected chi connectivity index (χ2v) is 8.47. The molecule has 2 heterocycles. The molecule has 10 heteroatoms. The van der Waals surface area contributed by atoms with Gasteiger partial charge in [-0.1, -0.05) is 35.3 Å². The lowest BCUT2D eigenvalue weighted by Crippen LogP contribution is -2.40. The highest BCUT2D eigenvalue weighted by atomic mass is 35.5. The number of hydrogen-bond acceptors (Lipinski definition) is 4. The van der Waals surface area contributed by atoms with Gasteiger partial charge in [0, 0.05) is 11.8 Å². The summed E-state index contributed by atoms with van der Waals surface area (Å²) in [7, 11) is 0. The molecule has 2 unspecified atom stereocenters. The zero-order chi connectivity index (χ0) is 21.7. The van der Waals surface area contributed by atoms with Crippen molar-refractivity contribution in [2.45, 2.75) is 45.5 Å². The summed E-state index contributed by atoms with van der Waals surface area (Å²) >= 11 is 12.5. The Balaban J connectivity index is 2.22. The van der Waals surface area contributed by atoms with Gasteiger partial charge in [0.25, 0.3) is 0 Å². The highest BCUT2D eigenvalue weighted by Crippen LogP contribution is 2.43. The Bertz CT molecular complexity index is 994. The number of nitrogens with zero attached hydrogens (tertiary/aromatic N) is 3. The van der Waals surface area contributed by atoms with Gasteiger partial charge in [0.2, 0.25) is 0 Å². The van der Waals surface area contributed by atoms with E-state index in [1.807, 2.05) is 0 Å². The molecular weight excluding hydrogens is 430 g/mol. The van der Waals surface area contributed by atoms with Gasteiger partial charge >= 0.3 is 12.1 Å². The van der Waals surface area contributed by atoms with Crippen molar-refractivity contribution in [2.75, 3.05) is 0 Å². The maximum Gasteiger partial charge on any atom is 0.435 e. The molecular formula is C19H18Cl2F3N3O2. The summed E-state index contributed by atoms with van der Waals surface area (Å²) in [6, 6.07) is 4.57. The Hall–Kier alpha value is -2.06. The first-order valence-corrected chi connectivity index (χ1v) is 9.44. The van der Waals surface area contributed by atoms with Crippen LogP contribution in [0.5, 0.6) is 0 Å². The maximum atomic E-state index is 13.3. The summed E-state index contributed by atoms with van der Waals surface area (Å²) < 4.78 is 46.3. The predicted molar refractivity (Wildman–Crippen MR) is 104 cm³/mol. The number of alkyl halides is 3. The lowest BCUT2D eigenvalue weighted by Gasteiger charge is -2.33. The molecule has 5 nitrogen and oxygen atoms in total. The SMILES string of the molecule is CC1=Nc2cc(C(F)(F)F)nn2C(c2cccc(Cl)c2Cl)C1C(=O)OC(C)(C)C. The maximum absolute atomic E-state index is 13.3. The van der Waals surface area contributed by atoms with E-state index in [9.17, 15) is 18.0 Å². The normalized spacial score (nSPS) is 19.6. The van der Waals surface area contributed by atoms with Crippen molar-refractivity contribution in [1.29, 1.82) is 0 Å². The van der Waals surface area contributed by atoms with Gasteiger partial charge in [-0.25, -0.2) is 9.67 Å². The summed E-state index contributed by atoms with van der Waals surface area (Å²) in [5.41, 5.74) is -1.28. The Morgan fingerprint density at radius 3 is 2.45 bits per heavy atom. The zero-order valence-corrected chi connectivity index (χ0v) is 17.5. The van der Waals surface area contributed by atoms with E-state index in [1.54, 1.807) is 45.9 Å². The van der Waals surface area contributed by atoms with Crippen molar-refractivity contribution in [1.82, 2.24) is 9.78 Å². The van der Waals surface area contributed by atoms with Crippen LogP contribution in [0.2, 0.25) is 10.0 Å². The molecule has 0 radical (unpaired) electrons. The number of benzene rings is 1. The molecule has 1 aliphatic rings. The van der Waals surface area contributed by atoms with Crippen LogP contribution in [0.1, 0.15) is 45.0 Å². The van der Waals surface area contributed by atoms with E-state index in [0.29, 0.717) is 11.3 Å². The molecule has 0 N–H and O–H groups in total. The highest BCUT2D eigenvalue weighted by molar-refractivity contribution is 6.42. The third-order valence-electron chi connectivity index (χ3n) is 4.29. The molecule has 0 aliphatic carbocycles. The average Bonchev–Trinajstić information content (AvgIpc) is 2.98. The topological polar surface area (TPSA) is 56.5 Å². The first kappa shape index (κ1) is 21.6. The number of aromatic nitrogens is 2. The molecule has 0 fully saturated rings. The van der Waals surface area contributed by atoms with Crippen LogP contribution in [0, 0.1) is 5.92 Å². The Morgan fingerprint density at radius 1 is 1.21 bits per heavy atom. The second-order valence-electron chi connectivity index (χ2n) is 7.68. The Morgan fingerprint density at radius 2 is 1.86 bits per heavy atom. The third-order valence-corrected chi connectivity index (χ3v) is 5.12. The second kappa shape index (κ2) is 7.32. The minimum absolute atomic E-state index is 0.0318. The van der Waals surface area contributed by atoms with Crippen LogP contribution in [-0.2, 0) is 15.7 Å². The number of fused-ring (bicyclic) bond motifs is 1. The number of aliphatic imine (C=N–C) groups is 1. The summed E-state index contributed by atoms with van der Waals surface area (Å²) in [6.07, 6.45) is -4.67. The molecule has 156 valence electrons. The average molecular weight is 448 g/mol. The van der Waals surface area contributed by atoms with E-state index in [0.717, 1.165) is 10.7 Å². The van der Waals surface area contributed by atoms with Crippen molar-refractivity contribution >= 4 is 40.7 Å². The van der Waals surface area contributed by atoms with E-state index >= 15 is 0 Å². The number of carbonyl (C=O) groups is 1. The molecule has 0 bridgehead atoms.